The van der Waals surface area contributed by atoms with E-state index in [0.717, 1.165) is 6.07 Å². The summed E-state index contributed by atoms with van der Waals surface area (Å²) in [4.78, 5) is -0.796. The average Bonchev–Trinajstić information content (AvgIpc) is 2.28. The average molecular weight is 277 g/mol. The highest BCUT2D eigenvalue weighted by molar-refractivity contribution is 7.92. The number of sulfone groups is 1. The molecule has 0 atom stereocenters. The smallest absolute Gasteiger partial charge is 0.373 e. The van der Waals surface area contributed by atoms with Gasteiger partial charge in [-0.1, -0.05) is 18.1 Å². The van der Waals surface area contributed by atoms with Gasteiger partial charge in [-0.3, -0.25) is 0 Å². The molecular formula is C11H10F3NO2S. The van der Waals surface area contributed by atoms with Crippen LogP contribution < -0.4 is 5.32 Å². The summed E-state index contributed by atoms with van der Waals surface area (Å²) in [5.74, 6) is 5.12. The van der Waals surface area contributed by atoms with Crippen LogP contribution in [0.3, 0.4) is 0 Å². The Kier molecular flexibility index (Phi) is 4.24. The minimum absolute atomic E-state index is 0.0703. The lowest BCUT2D eigenvalue weighted by molar-refractivity contribution is -0.0435. The predicted octanol–water partition coefficient (Wildman–Crippen LogP) is 2.42. The SMILES string of the molecule is CC#CCNc1ccccc1S(=O)(=O)C(F)(F)F. The van der Waals surface area contributed by atoms with Gasteiger partial charge in [0, 0.05) is 0 Å². The number of rotatable bonds is 3. The van der Waals surface area contributed by atoms with Crippen LogP contribution in [0.5, 0.6) is 0 Å². The Labute approximate surface area is 103 Å². The van der Waals surface area contributed by atoms with E-state index in [0.29, 0.717) is 0 Å². The van der Waals surface area contributed by atoms with Crippen LogP contribution in [0.2, 0.25) is 0 Å². The van der Waals surface area contributed by atoms with Crippen molar-refractivity contribution in [2.75, 3.05) is 11.9 Å². The first-order valence-corrected chi connectivity index (χ1v) is 6.33. The van der Waals surface area contributed by atoms with Crippen LogP contribution >= 0.6 is 0 Å². The maximum atomic E-state index is 12.4. The van der Waals surface area contributed by atoms with E-state index in [1.165, 1.54) is 18.2 Å². The van der Waals surface area contributed by atoms with Crippen molar-refractivity contribution >= 4 is 15.5 Å². The molecule has 0 saturated heterocycles. The zero-order valence-electron chi connectivity index (χ0n) is 9.38. The molecule has 1 rings (SSSR count). The summed E-state index contributed by atoms with van der Waals surface area (Å²) >= 11 is 0. The van der Waals surface area contributed by atoms with Gasteiger partial charge in [0.25, 0.3) is 9.84 Å². The fourth-order valence-electron chi connectivity index (χ4n) is 1.20. The van der Waals surface area contributed by atoms with Crippen LogP contribution in [0.25, 0.3) is 0 Å². The van der Waals surface area contributed by atoms with Gasteiger partial charge in [0.15, 0.2) is 0 Å². The van der Waals surface area contributed by atoms with E-state index in [1.54, 1.807) is 6.92 Å². The number of halogens is 3. The summed E-state index contributed by atoms with van der Waals surface area (Å²) in [6.45, 7) is 1.64. The van der Waals surface area contributed by atoms with E-state index in [2.05, 4.69) is 17.2 Å². The minimum Gasteiger partial charge on any atom is -0.373 e. The standard InChI is InChI=1S/C11H10F3NO2S/c1-2-3-8-15-9-6-4-5-7-10(9)18(16,17)11(12,13)14/h4-7,15H,8H2,1H3. The first-order chi connectivity index (χ1) is 8.30. The third-order valence-corrected chi connectivity index (χ3v) is 3.57. The maximum absolute atomic E-state index is 12.4. The molecular weight excluding hydrogens is 267 g/mol. The summed E-state index contributed by atoms with van der Waals surface area (Å²) in [6, 6.07) is 4.84. The molecule has 0 bridgehead atoms. The molecule has 0 spiro atoms. The second kappa shape index (κ2) is 5.31. The topological polar surface area (TPSA) is 46.2 Å². The molecule has 1 N–H and O–H groups in total. The Morgan fingerprint density at radius 3 is 2.44 bits per heavy atom. The Morgan fingerprint density at radius 2 is 1.89 bits per heavy atom. The zero-order chi connectivity index (χ0) is 13.8. The number of anilines is 1. The van der Waals surface area contributed by atoms with Crippen LogP contribution in [0.1, 0.15) is 6.92 Å². The van der Waals surface area contributed by atoms with Crippen LogP contribution in [-0.4, -0.2) is 20.5 Å². The lowest BCUT2D eigenvalue weighted by Gasteiger charge is -2.12. The molecule has 0 radical (unpaired) electrons. The van der Waals surface area contributed by atoms with Gasteiger partial charge in [-0.05, 0) is 19.1 Å². The largest absolute Gasteiger partial charge is 0.501 e. The van der Waals surface area contributed by atoms with Gasteiger partial charge in [-0.2, -0.15) is 13.2 Å². The molecule has 3 nitrogen and oxygen atoms in total. The highest BCUT2D eigenvalue weighted by Gasteiger charge is 2.47. The summed E-state index contributed by atoms with van der Waals surface area (Å²) in [6.07, 6.45) is 0. The Bertz CT molecular complexity index is 582. The summed E-state index contributed by atoms with van der Waals surface area (Å²) in [7, 11) is -5.35. The third kappa shape index (κ3) is 2.96. The van der Waals surface area contributed by atoms with Gasteiger partial charge < -0.3 is 5.32 Å². The van der Waals surface area contributed by atoms with Gasteiger partial charge in [0.1, 0.15) is 0 Å². The Balaban J connectivity index is 3.20. The van der Waals surface area contributed by atoms with Crippen molar-refractivity contribution in [3.8, 4) is 11.8 Å². The van der Waals surface area contributed by atoms with Crippen molar-refractivity contribution in [1.29, 1.82) is 0 Å². The molecule has 0 unspecified atom stereocenters. The fourth-order valence-corrected chi connectivity index (χ4v) is 2.14. The van der Waals surface area contributed by atoms with Crippen molar-refractivity contribution in [1.82, 2.24) is 0 Å². The lowest BCUT2D eigenvalue weighted by Crippen LogP contribution is -2.24. The quantitative estimate of drug-likeness (QED) is 0.863. The monoisotopic (exact) mass is 277 g/mol. The second-order valence-electron chi connectivity index (χ2n) is 3.23. The number of benzene rings is 1. The van der Waals surface area contributed by atoms with E-state index >= 15 is 0 Å². The molecule has 0 heterocycles. The summed E-state index contributed by atoms with van der Waals surface area (Å²) < 4.78 is 59.9. The summed E-state index contributed by atoms with van der Waals surface area (Å²) in [5.41, 5.74) is -5.43. The number of hydrogen-bond donors (Lipinski definition) is 1. The van der Waals surface area contributed by atoms with E-state index < -0.39 is 20.2 Å². The van der Waals surface area contributed by atoms with E-state index in [4.69, 9.17) is 0 Å². The molecule has 0 aliphatic heterocycles. The molecule has 0 saturated carbocycles. The van der Waals surface area contributed by atoms with Crippen LogP contribution in [0, 0.1) is 11.8 Å². The normalized spacial score (nSPS) is 11.6. The molecule has 98 valence electrons. The molecule has 0 fully saturated rings. The van der Waals surface area contributed by atoms with Crippen molar-refractivity contribution in [2.45, 2.75) is 17.3 Å². The summed E-state index contributed by atoms with van der Waals surface area (Å²) in [5, 5.41) is 2.54. The van der Waals surface area contributed by atoms with Crippen LogP contribution in [0.15, 0.2) is 29.2 Å². The van der Waals surface area contributed by atoms with E-state index in [9.17, 15) is 21.6 Å². The van der Waals surface area contributed by atoms with E-state index in [1.807, 2.05) is 0 Å². The van der Waals surface area contributed by atoms with Crippen molar-refractivity contribution in [3.05, 3.63) is 24.3 Å². The molecule has 0 aliphatic carbocycles. The van der Waals surface area contributed by atoms with Crippen molar-refractivity contribution in [2.24, 2.45) is 0 Å². The van der Waals surface area contributed by atoms with Crippen molar-refractivity contribution in [3.63, 3.8) is 0 Å². The zero-order valence-corrected chi connectivity index (χ0v) is 10.2. The molecule has 7 heteroatoms. The number of alkyl halides is 3. The van der Waals surface area contributed by atoms with Gasteiger partial charge in [-0.25, -0.2) is 8.42 Å². The highest BCUT2D eigenvalue weighted by atomic mass is 32.2. The van der Waals surface area contributed by atoms with Gasteiger partial charge in [0.2, 0.25) is 0 Å². The lowest BCUT2D eigenvalue weighted by atomic mass is 10.3. The Hall–Kier alpha value is -1.68. The highest BCUT2D eigenvalue weighted by Crippen LogP contribution is 2.33. The fraction of sp³-hybridized carbons (Fsp3) is 0.273. The predicted molar refractivity (Wildman–Crippen MR) is 61.6 cm³/mol. The van der Waals surface area contributed by atoms with E-state index in [-0.39, 0.29) is 12.2 Å². The molecule has 0 aliphatic rings. The molecule has 1 aromatic carbocycles. The van der Waals surface area contributed by atoms with Gasteiger partial charge in [0.05, 0.1) is 17.1 Å². The maximum Gasteiger partial charge on any atom is 0.501 e. The van der Waals surface area contributed by atoms with Crippen molar-refractivity contribution < 1.29 is 21.6 Å². The molecule has 0 aromatic heterocycles. The van der Waals surface area contributed by atoms with Crippen LogP contribution in [0.4, 0.5) is 18.9 Å². The Morgan fingerprint density at radius 1 is 1.28 bits per heavy atom. The second-order valence-corrected chi connectivity index (χ2v) is 5.14. The molecule has 1 aromatic rings. The van der Waals surface area contributed by atoms with Gasteiger partial charge in [-0.15, -0.1) is 5.92 Å². The first-order valence-electron chi connectivity index (χ1n) is 4.84. The third-order valence-electron chi connectivity index (χ3n) is 2.03. The minimum atomic E-state index is -5.35. The number of nitrogens with one attached hydrogen (secondary N) is 1. The van der Waals surface area contributed by atoms with Gasteiger partial charge >= 0.3 is 5.51 Å². The molecule has 18 heavy (non-hydrogen) atoms. The first kappa shape index (κ1) is 14.4. The van der Waals surface area contributed by atoms with Crippen LogP contribution in [-0.2, 0) is 9.84 Å². The molecule has 0 amide bonds. The number of para-hydroxylation sites is 1. The number of hydrogen-bond acceptors (Lipinski definition) is 3.